The molecule has 0 aliphatic heterocycles. The lowest BCUT2D eigenvalue weighted by molar-refractivity contribution is 0.124. The van der Waals surface area contributed by atoms with Crippen molar-refractivity contribution in [3.05, 3.63) is 18.2 Å². The lowest BCUT2D eigenvalue weighted by atomic mass is 10.1. The van der Waals surface area contributed by atoms with Gasteiger partial charge in [0.15, 0.2) is 0 Å². The molecule has 0 saturated heterocycles. The molecule has 1 rings (SSSR count). The highest BCUT2D eigenvalue weighted by molar-refractivity contribution is 4.91. The minimum atomic E-state index is -0.258. The first-order valence-electron chi connectivity index (χ1n) is 5.46. The lowest BCUT2D eigenvalue weighted by Crippen LogP contribution is -2.32. The molecule has 4 nitrogen and oxygen atoms in total. The Morgan fingerprint density at radius 1 is 1.53 bits per heavy atom. The summed E-state index contributed by atoms with van der Waals surface area (Å²) < 4.78 is 2.01. The van der Waals surface area contributed by atoms with Crippen LogP contribution < -0.4 is 5.32 Å². The number of rotatable bonds is 6. The van der Waals surface area contributed by atoms with Gasteiger partial charge in [0.1, 0.15) is 5.82 Å². The maximum absolute atomic E-state index is 9.55. The summed E-state index contributed by atoms with van der Waals surface area (Å²) in [5.41, 5.74) is 0. The maximum Gasteiger partial charge on any atom is 0.109 e. The Balaban J connectivity index is 2.15. The number of hydrogen-bond acceptors (Lipinski definition) is 3. The van der Waals surface area contributed by atoms with Gasteiger partial charge in [0.25, 0.3) is 0 Å². The van der Waals surface area contributed by atoms with E-state index in [0.29, 0.717) is 12.5 Å². The third-order valence-electron chi connectivity index (χ3n) is 2.57. The van der Waals surface area contributed by atoms with Crippen LogP contribution in [0.2, 0.25) is 0 Å². The molecular weight excluding hydrogens is 190 g/mol. The van der Waals surface area contributed by atoms with Gasteiger partial charge >= 0.3 is 0 Å². The Labute approximate surface area is 91.3 Å². The van der Waals surface area contributed by atoms with Crippen molar-refractivity contribution in [2.24, 2.45) is 13.0 Å². The van der Waals surface area contributed by atoms with Crippen LogP contribution in [0.15, 0.2) is 12.4 Å². The minimum absolute atomic E-state index is 0.258. The average Bonchev–Trinajstić information content (AvgIpc) is 2.58. The van der Waals surface area contributed by atoms with Crippen LogP contribution >= 0.6 is 0 Å². The molecule has 0 aromatic carbocycles. The third-order valence-corrected chi connectivity index (χ3v) is 2.57. The molecule has 0 bridgehead atoms. The van der Waals surface area contributed by atoms with Gasteiger partial charge in [0.05, 0.1) is 6.10 Å². The first-order chi connectivity index (χ1) is 7.11. The summed E-state index contributed by atoms with van der Waals surface area (Å²) in [6, 6.07) is 0. The largest absolute Gasteiger partial charge is 0.392 e. The van der Waals surface area contributed by atoms with E-state index in [4.69, 9.17) is 0 Å². The predicted molar refractivity (Wildman–Crippen MR) is 60.6 cm³/mol. The minimum Gasteiger partial charge on any atom is -0.392 e. The highest BCUT2D eigenvalue weighted by Gasteiger charge is 2.07. The van der Waals surface area contributed by atoms with Gasteiger partial charge < -0.3 is 15.0 Å². The van der Waals surface area contributed by atoms with Crippen molar-refractivity contribution in [1.29, 1.82) is 0 Å². The molecule has 0 saturated carbocycles. The van der Waals surface area contributed by atoms with Crippen molar-refractivity contribution in [2.75, 3.05) is 13.1 Å². The van der Waals surface area contributed by atoms with Gasteiger partial charge in [-0.05, 0) is 5.92 Å². The maximum atomic E-state index is 9.55. The summed E-state index contributed by atoms with van der Waals surface area (Å²) >= 11 is 0. The Kier molecular flexibility index (Phi) is 4.78. The molecule has 4 heteroatoms. The van der Waals surface area contributed by atoms with Crippen LogP contribution in [-0.2, 0) is 13.5 Å². The normalized spacial score (nSPS) is 13.4. The molecule has 0 fully saturated rings. The van der Waals surface area contributed by atoms with E-state index in [1.54, 1.807) is 6.20 Å². The average molecular weight is 211 g/mol. The number of nitrogens with zero attached hydrogens (tertiary/aromatic N) is 2. The zero-order chi connectivity index (χ0) is 11.3. The molecule has 1 aromatic heterocycles. The van der Waals surface area contributed by atoms with Crippen LogP contribution in [0.4, 0.5) is 0 Å². The Bertz CT molecular complexity index is 283. The summed E-state index contributed by atoms with van der Waals surface area (Å²) in [5.74, 6) is 1.38. The molecule has 0 spiro atoms. The van der Waals surface area contributed by atoms with Gasteiger partial charge in [-0.25, -0.2) is 4.98 Å². The van der Waals surface area contributed by atoms with Crippen LogP contribution in [-0.4, -0.2) is 33.9 Å². The Morgan fingerprint density at radius 2 is 2.27 bits per heavy atom. The van der Waals surface area contributed by atoms with Crippen LogP contribution in [0.25, 0.3) is 0 Å². The van der Waals surface area contributed by atoms with Crippen LogP contribution in [0, 0.1) is 5.92 Å². The molecule has 0 amide bonds. The lowest BCUT2D eigenvalue weighted by Gasteiger charge is -2.14. The molecular formula is C11H21N3O. The first kappa shape index (κ1) is 12.2. The van der Waals surface area contributed by atoms with Gasteiger partial charge in [-0.1, -0.05) is 13.8 Å². The number of imidazole rings is 1. The molecule has 15 heavy (non-hydrogen) atoms. The zero-order valence-electron chi connectivity index (χ0n) is 9.77. The Hall–Kier alpha value is -0.870. The fraction of sp³-hybridized carbons (Fsp3) is 0.727. The van der Waals surface area contributed by atoms with E-state index in [2.05, 4.69) is 10.3 Å². The van der Waals surface area contributed by atoms with E-state index in [9.17, 15) is 5.11 Å². The van der Waals surface area contributed by atoms with Crippen molar-refractivity contribution in [3.8, 4) is 0 Å². The number of aliphatic hydroxyl groups is 1. The van der Waals surface area contributed by atoms with Crippen LogP contribution in [0.5, 0.6) is 0 Å². The third kappa shape index (κ3) is 4.01. The first-order valence-corrected chi connectivity index (χ1v) is 5.46. The zero-order valence-corrected chi connectivity index (χ0v) is 9.77. The Morgan fingerprint density at radius 3 is 2.80 bits per heavy atom. The molecule has 1 atom stereocenters. The summed E-state index contributed by atoms with van der Waals surface area (Å²) in [6.45, 7) is 5.55. The smallest absolute Gasteiger partial charge is 0.109 e. The number of hydrogen-bond donors (Lipinski definition) is 2. The van der Waals surface area contributed by atoms with E-state index in [-0.39, 0.29) is 6.10 Å². The van der Waals surface area contributed by atoms with E-state index >= 15 is 0 Å². The van der Waals surface area contributed by atoms with Crippen molar-refractivity contribution in [2.45, 2.75) is 26.4 Å². The fourth-order valence-electron chi connectivity index (χ4n) is 1.32. The SMILES string of the molecule is CC(C)C(O)CNCCc1nccn1C. The van der Waals surface area contributed by atoms with Crippen molar-refractivity contribution in [3.63, 3.8) is 0 Å². The summed E-state index contributed by atoms with van der Waals surface area (Å²) in [7, 11) is 1.99. The number of aromatic nitrogens is 2. The molecule has 1 heterocycles. The number of aryl methyl sites for hydroxylation is 1. The predicted octanol–water partition coefficient (Wildman–Crippen LogP) is 0.569. The molecule has 1 unspecified atom stereocenters. The molecule has 0 radical (unpaired) electrons. The standard InChI is InChI=1S/C11H21N3O/c1-9(2)10(15)8-12-5-4-11-13-6-7-14(11)3/h6-7,9-10,12,15H,4-5,8H2,1-3H3. The molecule has 0 aliphatic carbocycles. The summed E-state index contributed by atoms with van der Waals surface area (Å²) in [5, 5.41) is 12.8. The second-order valence-corrected chi connectivity index (χ2v) is 4.22. The van der Waals surface area contributed by atoms with E-state index in [1.807, 2.05) is 31.7 Å². The quantitative estimate of drug-likeness (QED) is 0.676. The van der Waals surface area contributed by atoms with Crippen molar-refractivity contribution in [1.82, 2.24) is 14.9 Å². The summed E-state index contributed by atoms with van der Waals surface area (Å²) in [4.78, 5) is 4.23. The molecule has 2 N–H and O–H groups in total. The van der Waals surface area contributed by atoms with E-state index in [0.717, 1.165) is 18.8 Å². The molecule has 86 valence electrons. The molecule has 0 aliphatic rings. The van der Waals surface area contributed by atoms with Gasteiger partial charge in [-0.3, -0.25) is 0 Å². The highest BCUT2D eigenvalue weighted by atomic mass is 16.3. The van der Waals surface area contributed by atoms with Crippen LogP contribution in [0.1, 0.15) is 19.7 Å². The van der Waals surface area contributed by atoms with Gasteiger partial charge in [0.2, 0.25) is 0 Å². The second-order valence-electron chi connectivity index (χ2n) is 4.22. The summed E-state index contributed by atoms with van der Waals surface area (Å²) in [6.07, 6.45) is 4.39. The number of nitrogens with one attached hydrogen (secondary N) is 1. The van der Waals surface area contributed by atoms with E-state index in [1.165, 1.54) is 0 Å². The monoisotopic (exact) mass is 211 g/mol. The van der Waals surface area contributed by atoms with Gasteiger partial charge in [-0.2, -0.15) is 0 Å². The van der Waals surface area contributed by atoms with Crippen molar-refractivity contribution >= 4 is 0 Å². The van der Waals surface area contributed by atoms with Gasteiger partial charge in [-0.15, -0.1) is 0 Å². The van der Waals surface area contributed by atoms with Gasteiger partial charge in [0, 0.05) is 39.0 Å². The second kappa shape index (κ2) is 5.88. The van der Waals surface area contributed by atoms with Crippen molar-refractivity contribution < 1.29 is 5.11 Å². The fourth-order valence-corrected chi connectivity index (χ4v) is 1.32. The number of aliphatic hydroxyl groups excluding tert-OH is 1. The topological polar surface area (TPSA) is 50.1 Å². The molecule has 1 aromatic rings. The highest BCUT2D eigenvalue weighted by Crippen LogP contribution is 1.99. The van der Waals surface area contributed by atoms with Crippen LogP contribution in [0.3, 0.4) is 0 Å². The van der Waals surface area contributed by atoms with E-state index < -0.39 is 0 Å².